The predicted molar refractivity (Wildman–Crippen MR) is 119 cm³/mol. The average Bonchev–Trinajstić information content (AvgIpc) is 2.73. The number of rotatable bonds is 9. The highest BCUT2D eigenvalue weighted by atomic mass is 79.9. The zero-order valence-electron chi connectivity index (χ0n) is 16.7. The van der Waals surface area contributed by atoms with E-state index in [1.807, 2.05) is 54.6 Å². The normalized spacial score (nSPS) is 11.9. The van der Waals surface area contributed by atoms with Gasteiger partial charge in [0.2, 0.25) is 0 Å². The largest absolute Gasteiger partial charge is 0.493 e. The van der Waals surface area contributed by atoms with Crippen molar-refractivity contribution in [3.8, 4) is 11.5 Å². The van der Waals surface area contributed by atoms with E-state index in [2.05, 4.69) is 40.3 Å². The molecule has 0 aliphatic carbocycles. The number of aliphatic hydroxyl groups is 1. The molecule has 3 rings (SSSR count). The van der Waals surface area contributed by atoms with Gasteiger partial charge in [-0.2, -0.15) is 0 Å². The molecule has 0 unspecified atom stereocenters. The van der Waals surface area contributed by atoms with E-state index in [1.54, 1.807) is 7.11 Å². The lowest BCUT2D eigenvalue weighted by atomic mass is 10.1. The van der Waals surface area contributed by atoms with Crippen molar-refractivity contribution in [2.45, 2.75) is 26.2 Å². The molecular weight excluding hydrogens is 430 g/mol. The molecule has 0 spiro atoms. The summed E-state index contributed by atoms with van der Waals surface area (Å²) in [6.07, 6.45) is -0.543. The monoisotopic (exact) mass is 455 g/mol. The molecule has 152 valence electrons. The first-order valence-electron chi connectivity index (χ1n) is 9.55. The van der Waals surface area contributed by atoms with E-state index in [9.17, 15) is 5.11 Å². The summed E-state index contributed by atoms with van der Waals surface area (Å²) in [5.41, 5.74) is 4.26. The van der Waals surface area contributed by atoms with Gasteiger partial charge in [0.05, 0.1) is 17.7 Å². The molecule has 0 amide bonds. The first-order valence-corrected chi connectivity index (χ1v) is 10.3. The summed E-state index contributed by atoms with van der Waals surface area (Å²) >= 11 is 3.60. The highest BCUT2D eigenvalue weighted by Crippen LogP contribution is 2.37. The Bertz CT molecular complexity index is 931. The first-order chi connectivity index (χ1) is 14.1. The minimum Gasteiger partial charge on any atom is -0.493 e. The smallest absolute Gasteiger partial charge is 0.175 e. The van der Waals surface area contributed by atoms with Crippen LogP contribution in [-0.2, 0) is 13.2 Å². The van der Waals surface area contributed by atoms with E-state index in [-0.39, 0.29) is 0 Å². The first kappa shape index (κ1) is 21.4. The molecule has 0 saturated heterocycles. The Hall–Kier alpha value is -2.34. The number of benzene rings is 3. The zero-order valence-corrected chi connectivity index (χ0v) is 18.3. The second kappa shape index (κ2) is 10.4. The summed E-state index contributed by atoms with van der Waals surface area (Å²) in [5, 5.41) is 13.6. The highest BCUT2D eigenvalue weighted by Gasteiger charge is 2.13. The van der Waals surface area contributed by atoms with Crippen LogP contribution in [-0.4, -0.2) is 18.8 Å². The third kappa shape index (κ3) is 6.07. The van der Waals surface area contributed by atoms with Crippen LogP contribution in [0.5, 0.6) is 11.5 Å². The number of ether oxygens (including phenoxy) is 2. The van der Waals surface area contributed by atoms with Crippen LogP contribution >= 0.6 is 15.9 Å². The van der Waals surface area contributed by atoms with E-state index in [0.29, 0.717) is 31.2 Å². The number of aliphatic hydroxyl groups excluding tert-OH is 1. The van der Waals surface area contributed by atoms with Gasteiger partial charge in [0.15, 0.2) is 11.5 Å². The predicted octanol–water partition coefficient (Wildman–Crippen LogP) is 5.17. The standard InChI is InChI=1S/C24H26BrNO3/c1-17-7-6-8-18(11-17)16-29-24-21(25)12-19(13-23(24)28-2)14-26-15-22(27)20-9-4-3-5-10-20/h3-13,22,26-27H,14-16H2,1-2H3/t22-/m0/s1. The minimum absolute atomic E-state index is 0.468. The van der Waals surface area contributed by atoms with Crippen molar-refractivity contribution in [3.05, 3.63) is 93.5 Å². The Balaban J connectivity index is 1.61. The average molecular weight is 456 g/mol. The Kier molecular flexibility index (Phi) is 7.69. The quantitative estimate of drug-likeness (QED) is 0.467. The molecule has 3 aromatic rings. The molecule has 0 aromatic heterocycles. The van der Waals surface area contributed by atoms with Crippen LogP contribution in [0.4, 0.5) is 0 Å². The van der Waals surface area contributed by atoms with E-state index < -0.39 is 6.10 Å². The van der Waals surface area contributed by atoms with Crippen molar-refractivity contribution < 1.29 is 14.6 Å². The third-order valence-corrected chi connectivity index (χ3v) is 5.20. The van der Waals surface area contributed by atoms with Crippen LogP contribution in [0.15, 0.2) is 71.2 Å². The van der Waals surface area contributed by atoms with Crippen LogP contribution in [0, 0.1) is 6.92 Å². The maximum atomic E-state index is 10.3. The number of hydrogen-bond donors (Lipinski definition) is 2. The Morgan fingerprint density at radius 3 is 2.52 bits per heavy atom. The molecule has 29 heavy (non-hydrogen) atoms. The molecule has 0 fully saturated rings. The lowest BCUT2D eigenvalue weighted by Gasteiger charge is -2.16. The van der Waals surface area contributed by atoms with Crippen LogP contribution in [0.25, 0.3) is 0 Å². The van der Waals surface area contributed by atoms with Crippen LogP contribution in [0.3, 0.4) is 0 Å². The Morgan fingerprint density at radius 1 is 1.00 bits per heavy atom. The van der Waals surface area contributed by atoms with E-state index in [0.717, 1.165) is 21.2 Å². The minimum atomic E-state index is -0.543. The number of nitrogens with one attached hydrogen (secondary N) is 1. The summed E-state index contributed by atoms with van der Waals surface area (Å²) in [6.45, 7) is 3.61. The molecule has 4 nitrogen and oxygen atoms in total. The van der Waals surface area contributed by atoms with Gasteiger partial charge in [-0.15, -0.1) is 0 Å². The maximum absolute atomic E-state index is 10.3. The van der Waals surface area contributed by atoms with Gasteiger partial charge in [-0.25, -0.2) is 0 Å². The molecule has 0 saturated carbocycles. The zero-order chi connectivity index (χ0) is 20.6. The lowest BCUT2D eigenvalue weighted by Crippen LogP contribution is -2.21. The van der Waals surface area contributed by atoms with Crippen molar-refractivity contribution in [1.82, 2.24) is 5.32 Å². The highest BCUT2D eigenvalue weighted by molar-refractivity contribution is 9.10. The molecule has 0 bridgehead atoms. The molecule has 1 atom stereocenters. The van der Waals surface area contributed by atoms with Crippen LogP contribution < -0.4 is 14.8 Å². The van der Waals surface area contributed by atoms with Gasteiger partial charge >= 0.3 is 0 Å². The van der Waals surface area contributed by atoms with Gasteiger partial charge < -0.3 is 19.9 Å². The number of halogens is 1. The molecule has 2 N–H and O–H groups in total. The van der Waals surface area contributed by atoms with Gasteiger partial charge in [-0.05, 0) is 51.7 Å². The van der Waals surface area contributed by atoms with Crippen molar-refractivity contribution in [2.24, 2.45) is 0 Å². The van der Waals surface area contributed by atoms with E-state index >= 15 is 0 Å². The Labute approximate surface area is 180 Å². The van der Waals surface area contributed by atoms with Crippen LogP contribution in [0.1, 0.15) is 28.4 Å². The fourth-order valence-corrected chi connectivity index (χ4v) is 3.72. The van der Waals surface area contributed by atoms with Crippen molar-refractivity contribution in [2.75, 3.05) is 13.7 Å². The van der Waals surface area contributed by atoms with Gasteiger partial charge in [0.1, 0.15) is 6.61 Å². The second-order valence-corrected chi connectivity index (χ2v) is 7.80. The molecule has 0 radical (unpaired) electrons. The topological polar surface area (TPSA) is 50.7 Å². The van der Waals surface area contributed by atoms with E-state index in [4.69, 9.17) is 9.47 Å². The summed E-state index contributed by atoms with van der Waals surface area (Å²) in [6, 6.07) is 21.9. The SMILES string of the molecule is COc1cc(CNC[C@H](O)c2ccccc2)cc(Br)c1OCc1cccc(C)c1. The number of hydrogen-bond acceptors (Lipinski definition) is 4. The molecule has 0 heterocycles. The lowest BCUT2D eigenvalue weighted by molar-refractivity contribution is 0.174. The summed E-state index contributed by atoms with van der Waals surface area (Å²) < 4.78 is 12.4. The van der Waals surface area contributed by atoms with E-state index in [1.165, 1.54) is 5.56 Å². The molecular formula is C24H26BrNO3. The maximum Gasteiger partial charge on any atom is 0.175 e. The number of methoxy groups -OCH3 is 1. The van der Waals surface area contributed by atoms with Crippen molar-refractivity contribution >= 4 is 15.9 Å². The fraction of sp³-hybridized carbons (Fsp3) is 0.250. The second-order valence-electron chi connectivity index (χ2n) is 6.94. The summed E-state index contributed by atoms with van der Waals surface area (Å²) in [7, 11) is 1.64. The third-order valence-electron chi connectivity index (χ3n) is 4.61. The summed E-state index contributed by atoms with van der Waals surface area (Å²) in [5.74, 6) is 1.36. The fourth-order valence-electron chi connectivity index (χ4n) is 3.12. The van der Waals surface area contributed by atoms with Crippen molar-refractivity contribution in [1.29, 1.82) is 0 Å². The molecule has 0 aliphatic heterocycles. The van der Waals surface area contributed by atoms with Crippen LogP contribution in [0.2, 0.25) is 0 Å². The summed E-state index contributed by atoms with van der Waals surface area (Å²) in [4.78, 5) is 0. The molecule has 5 heteroatoms. The van der Waals surface area contributed by atoms with Gasteiger partial charge in [0.25, 0.3) is 0 Å². The van der Waals surface area contributed by atoms with Gasteiger partial charge in [-0.1, -0.05) is 60.2 Å². The van der Waals surface area contributed by atoms with Gasteiger partial charge in [-0.3, -0.25) is 0 Å². The Morgan fingerprint density at radius 2 is 1.79 bits per heavy atom. The molecule has 3 aromatic carbocycles. The van der Waals surface area contributed by atoms with Crippen molar-refractivity contribution in [3.63, 3.8) is 0 Å². The molecule has 0 aliphatic rings. The van der Waals surface area contributed by atoms with Gasteiger partial charge in [0, 0.05) is 13.1 Å². The number of aryl methyl sites for hydroxylation is 1.